The lowest BCUT2D eigenvalue weighted by Crippen LogP contribution is -2.31. The largest absolute Gasteiger partial charge is 0.383 e. The van der Waals surface area contributed by atoms with Crippen LogP contribution in [-0.2, 0) is 36.2 Å². The Balaban J connectivity index is 2.04. The van der Waals surface area contributed by atoms with Gasteiger partial charge >= 0.3 is 13.3 Å². The maximum atomic E-state index is 13.1. The second kappa shape index (κ2) is 12.9. The van der Waals surface area contributed by atoms with E-state index in [4.69, 9.17) is 24.3 Å². The summed E-state index contributed by atoms with van der Waals surface area (Å²) in [4.78, 5) is 15.9. The van der Waals surface area contributed by atoms with Gasteiger partial charge in [-0.15, -0.1) is 0 Å². The molecule has 0 saturated carbocycles. The molecule has 10 heteroatoms. The summed E-state index contributed by atoms with van der Waals surface area (Å²) >= 11 is 0. The highest BCUT2D eigenvalue weighted by Gasteiger charge is 2.30. The van der Waals surface area contributed by atoms with Crippen LogP contribution in [0.3, 0.4) is 0 Å². The van der Waals surface area contributed by atoms with Gasteiger partial charge in [-0.2, -0.15) is 4.98 Å². The molecule has 0 bridgehead atoms. The van der Waals surface area contributed by atoms with Crippen LogP contribution in [0.5, 0.6) is 0 Å². The van der Waals surface area contributed by atoms with Gasteiger partial charge in [-0.25, -0.2) is 4.79 Å². The van der Waals surface area contributed by atoms with Crippen molar-refractivity contribution >= 4 is 13.4 Å². The molecular formula is C22H34N3O6P. The number of anilines is 1. The molecule has 1 atom stereocenters. The molecule has 178 valence electrons. The maximum Gasteiger partial charge on any atom is 0.356 e. The van der Waals surface area contributed by atoms with Crippen molar-refractivity contribution in [3.8, 4) is 0 Å². The Labute approximate surface area is 189 Å². The predicted molar refractivity (Wildman–Crippen MR) is 123 cm³/mol. The van der Waals surface area contributed by atoms with Crippen molar-refractivity contribution in [2.75, 3.05) is 18.7 Å². The minimum atomic E-state index is -3.48. The van der Waals surface area contributed by atoms with E-state index in [1.54, 1.807) is 40.0 Å². The third-order valence-electron chi connectivity index (χ3n) is 4.20. The highest BCUT2D eigenvalue weighted by Crippen LogP contribution is 2.50. The number of nitrogen functional groups attached to an aromatic ring is 1. The second-order valence-corrected chi connectivity index (χ2v) is 9.85. The molecular weight excluding hydrogens is 433 g/mol. The summed E-state index contributed by atoms with van der Waals surface area (Å²) in [6.07, 6.45) is 0.727. The number of benzene rings is 1. The Hall–Kier alpha value is -2.03. The molecule has 0 spiro atoms. The van der Waals surface area contributed by atoms with Gasteiger partial charge in [-0.05, 0) is 45.7 Å². The predicted octanol–water partition coefficient (Wildman–Crippen LogP) is 3.82. The van der Waals surface area contributed by atoms with Gasteiger partial charge in [0.1, 0.15) is 12.2 Å². The summed E-state index contributed by atoms with van der Waals surface area (Å²) in [5.74, 6) is 0.148. The van der Waals surface area contributed by atoms with E-state index in [2.05, 4.69) is 4.98 Å². The number of aromatic nitrogens is 2. The van der Waals surface area contributed by atoms with E-state index in [0.717, 1.165) is 5.56 Å². The number of hydrogen-bond acceptors (Lipinski definition) is 8. The van der Waals surface area contributed by atoms with Crippen LogP contribution >= 0.6 is 7.60 Å². The van der Waals surface area contributed by atoms with Crippen LogP contribution in [-0.4, -0.2) is 40.8 Å². The molecule has 1 aromatic heterocycles. The molecule has 0 fully saturated rings. The first-order valence-electron chi connectivity index (χ1n) is 10.7. The molecule has 0 saturated heterocycles. The molecule has 32 heavy (non-hydrogen) atoms. The molecule has 0 amide bonds. The molecule has 0 aliphatic carbocycles. The summed E-state index contributed by atoms with van der Waals surface area (Å²) in [6, 6.07) is 11.4. The number of rotatable bonds is 14. The second-order valence-electron chi connectivity index (χ2n) is 7.95. The molecule has 1 heterocycles. The Morgan fingerprint density at radius 2 is 1.72 bits per heavy atom. The standard InChI is InChI=1S/C22H34N3O6P/c1-17(2)30-32(27,31-18(3)4)16-29-20(14-25-12-10-21(23)24-22(25)26)11-13-28-15-19-8-6-5-7-9-19/h5-10,12,17-18,20H,11,13-16H2,1-4H3,(H2,23,24,26)/t20-/m0/s1. The van der Waals surface area contributed by atoms with Crippen LogP contribution in [0, 0.1) is 0 Å². The van der Waals surface area contributed by atoms with E-state index < -0.39 is 19.4 Å². The summed E-state index contributed by atoms with van der Waals surface area (Å²) in [7, 11) is -3.48. The fraction of sp³-hybridized carbons (Fsp3) is 0.545. The van der Waals surface area contributed by atoms with Gasteiger partial charge < -0.3 is 24.3 Å². The Morgan fingerprint density at radius 1 is 1.06 bits per heavy atom. The summed E-state index contributed by atoms with van der Waals surface area (Å²) in [6.45, 7) is 8.18. The fourth-order valence-corrected chi connectivity index (χ4v) is 4.78. The third kappa shape index (κ3) is 9.63. The number of nitrogens with two attached hydrogens (primary N) is 1. The molecule has 0 radical (unpaired) electrons. The lowest BCUT2D eigenvalue weighted by atomic mass is 10.2. The monoisotopic (exact) mass is 467 g/mol. The topological polar surface area (TPSA) is 115 Å². The average Bonchev–Trinajstić information content (AvgIpc) is 2.70. The molecule has 1 aromatic carbocycles. The highest BCUT2D eigenvalue weighted by molar-refractivity contribution is 7.53. The zero-order chi connectivity index (χ0) is 23.6. The van der Waals surface area contributed by atoms with Crippen LogP contribution in [0.15, 0.2) is 47.4 Å². The van der Waals surface area contributed by atoms with Crippen molar-refractivity contribution < 1.29 is 23.1 Å². The first-order valence-corrected chi connectivity index (χ1v) is 12.4. The summed E-state index contributed by atoms with van der Waals surface area (Å²) < 4.78 is 37.3. The van der Waals surface area contributed by atoms with Crippen LogP contribution in [0.25, 0.3) is 0 Å². The van der Waals surface area contributed by atoms with E-state index in [0.29, 0.717) is 19.6 Å². The number of nitrogens with zero attached hydrogens (tertiary/aromatic N) is 2. The zero-order valence-electron chi connectivity index (χ0n) is 19.2. The van der Waals surface area contributed by atoms with E-state index in [1.165, 1.54) is 4.57 Å². The van der Waals surface area contributed by atoms with Crippen molar-refractivity contribution in [1.29, 1.82) is 0 Å². The van der Waals surface area contributed by atoms with Gasteiger partial charge in [0.05, 0.1) is 31.5 Å². The summed E-state index contributed by atoms with van der Waals surface area (Å²) in [5, 5.41) is 0. The smallest absolute Gasteiger partial charge is 0.356 e. The maximum absolute atomic E-state index is 13.1. The molecule has 2 aromatic rings. The Bertz CT molecular complexity index is 905. The van der Waals surface area contributed by atoms with Crippen molar-refractivity contribution in [3.63, 3.8) is 0 Å². The van der Waals surface area contributed by atoms with Crippen molar-refractivity contribution in [2.45, 2.75) is 65.6 Å². The van der Waals surface area contributed by atoms with Crippen LogP contribution in [0.4, 0.5) is 5.82 Å². The lowest BCUT2D eigenvalue weighted by Gasteiger charge is -2.25. The molecule has 0 aliphatic heterocycles. The molecule has 2 rings (SSSR count). The molecule has 0 aliphatic rings. The minimum Gasteiger partial charge on any atom is -0.383 e. The first kappa shape index (κ1) is 26.2. The highest BCUT2D eigenvalue weighted by atomic mass is 31.2. The first-order chi connectivity index (χ1) is 15.2. The van der Waals surface area contributed by atoms with Crippen molar-refractivity contribution in [2.24, 2.45) is 0 Å². The summed E-state index contributed by atoms with van der Waals surface area (Å²) in [5.41, 5.74) is 6.15. The number of hydrogen-bond donors (Lipinski definition) is 1. The van der Waals surface area contributed by atoms with E-state index >= 15 is 0 Å². The van der Waals surface area contributed by atoms with E-state index in [1.807, 2.05) is 30.3 Å². The van der Waals surface area contributed by atoms with E-state index in [9.17, 15) is 9.36 Å². The van der Waals surface area contributed by atoms with Crippen LogP contribution in [0.2, 0.25) is 0 Å². The number of ether oxygens (including phenoxy) is 2. The van der Waals surface area contributed by atoms with Crippen LogP contribution in [0.1, 0.15) is 39.7 Å². The third-order valence-corrected chi connectivity index (χ3v) is 6.15. The van der Waals surface area contributed by atoms with Gasteiger partial charge in [-0.3, -0.25) is 9.13 Å². The zero-order valence-corrected chi connectivity index (χ0v) is 20.1. The van der Waals surface area contributed by atoms with Gasteiger partial charge in [-0.1, -0.05) is 30.3 Å². The Morgan fingerprint density at radius 3 is 2.31 bits per heavy atom. The molecule has 9 nitrogen and oxygen atoms in total. The van der Waals surface area contributed by atoms with Crippen LogP contribution < -0.4 is 11.4 Å². The quantitative estimate of drug-likeness (QED) is 0.329. The van der Waals surface area contributed by atoms with Gasteiger partial charge in [0.2, 0.25) is 0 Å². The van der Waals surface area contributed by atoms with Crippen molar-refractivity contribution in [3.05, 3.63) is 58.6 Å². The minimum absolute atomic E-state index is 0.148. The lowest BCUT2D eigenvalue weighted by molar-refractivity contribution is 0.0145. The fourth-order valence-electron chi connectivity index (χ4n) is 2.93. The average molecular weight is 468 g/mol. The van der Waals surface area contributed by atoms with Gasteiger partial charge in [0.15, 0.2) is 0 Å². The van der Waals surface area contributed by atoms with Crippen molar-refractivity contribution in [1.82, 2.24) is 9.55 Å². The van der Waals surface area contributed by atoms with E-state index in [-0.39, 0.29) is 30.9 Å². The molecule has 2 N–H and O–H groups in total. The SMILES string of the molecule is CC(C)OP(=O)(CO[C@@H](CCOCc1ccccc1)Cn1ccc(N)nc1=O)OC(C)C. The van der Waals surface area contributed by atoms with Gasteiger partial charge in [0, 0.05) is 12.8 Å². The Kier molecular flexibility index (Phi) is 10.5. The van der Waals surface area contributed by atoms with Gasteiger partial charge in [0.25, 0.3) is 0 Å². The normalized spacial score (nSPS) is 13.1. The molecule has 0 unspecified atom stereocenters.